The van der Waals surface area contributed by atoms with Crippen LogP contribution in [-0.4, -0.2) is 41.9 Å². The summed E-state index contributed by atoms with van der Waals surface area (Å²) in [4.78, 5) is 11.5. The quantitative estimate of drug-likeness (QED) is 0.0727. The van der Waals surface area contributed by atoms with Gasteiger partial charge in [-0.1, -0.05) is 111 Å². The number of carbonyl (C=O) groups excluding carboxylic acids is 1. The lowest BCUT2D eigenvalue weighted by molar-refractivity contribution is -0.140. The number of unbranched alkanes of at least 4 members (excludes halogenated alkanes) is 5. The minimum Gasteiger partial charge on any atom is -0.469 e. The summed E-state index contributed by atoms with van der Waals surface area (Å²) in [7, 11) is -2.34. The molecule has 0 bridgehead atoms. The largest absolute Gasteiger partial charge is 0.469 e. The first-order chi connectivity index (χ1) is 18.4. The van der Waals surface area contributed by atoms with Crippen molar-refractivity contribution in [1.29, 1.82) is 0 Å². The smallest absolute Gasteiger partial charge is 0.305 e. The number of carbonyl (C=O) groups is 1. The normalized spacial score (nSPS) is 21.8. The van der Waals surface area contributed by atoms with Crippen molar-refractivity contribution >= 4 is 22.6 Å². The Hall–Kier alpha value is -0.696. The van der Waals surface area contributed by atoms with Crippen LogP contribution in [0, 0.1) is 11.8 Å². The molecule has 0 aromatic heterocycles. The lowest BCUT2D eigenvalue weighted by Gasteiger charge is -2.40. The van der Waals surface area contributed by atoms with Crippen LogP contribution in [0.4, 0.5) is 0 Å². The molecule has 1 aliphatic rings. The van der Waals surface area contributed by atoms with E-state index in [0.29, 0.717) is 18.3 Å². The zero-order valence-electron chi connectivity index (χ0n) is 28.6. The second-order valence-corrected chi connectivity index (χ2v) is 24.8. The molecular weight excluding hydrogens is 529 g/mol. The maximum absolute atomic E-state index is 11.5. The summed E-state index contributed by atoms with van der Waals surface area (Å²) in [6, 6.07) is 0. The number of rotatable bonds is 17. The third-order valence-electron chi connectivity index (χ3n) is 9.90. The van der Waals surface area contributed by atoms with Crippen molar-refractivity contribution < 1.29 is 18.4 Å². The van der Waals surface area contributed by atoms with E-state index in [1.807, 2.05) is 0 Å². The highest BCUT2D eigenvalue weighted by Gasteiger charge is 2.45. The molecule has 4 nitrogen and oxygen atoms in total. The average Bonchev–Trinajstić information content (AvgIpc) is 3.10. The van der Waals surface area contributed by atoms with Crippen LogP contribution in [-0.2, 0) is 18.4 Å². The molecule has 1 aliphatic carbocycles. The minimum atomic E-state index is -1.92. The molecule has 0 spiro atoms. The van der Waals surface area contributed by atoms with Crippen molar-refractivity contribution in [2.45, 2.75) is 168 Å². The Morgan fingerprint density at radius 2 is 1.55 bits per heavy atom. The summed E-state index contributed by atoms with van der Waals surface area (Å²) in [6.45, 7) is 30.3. The maximum Gasteiger partial charge on any atom is 0.305 e. The van der Waals surface area contributed by atoms with Gasteiger partial charge >= 0.3 is 5.97 Å². The molecule has 0 aliphatic heterocycles. The fourth-order valence-electron chi connectivity index (χ4n) is 5.09. The molecular formula is C34H66O4Si2. The van der Waals surface area contributed by atoms with Crippen LogP contribution in [0.25, 0.3) is 0 Å². The molecule has 1 saturated carbocycles. The van der Waals surface area contributed by atoms with E-state index in [4.69, 9.17) is 13.6 Å². The molecule has 0 amide bonds. The number of methoxy groups -OCH3 is 1. The van der Waals surface area contributed by atoms with Gasteiger partial charge in [0.25, 0.3) is 0 Å². The van der Waals surface area contributed by atoms with Crippen molar-refractivity contribution in [1.82, 2.24) is 0 Å². The van der Waals surface area contributed by atoms with Crippen molar-refractivity contribution in [3.05, 3.63) is 24.3 Å². The third-order valence-corrected chi connectivity index (χ3v) is 18.9. The predicted octanol–water partition coefficient (Wildman–Crippen LogP) is 10.6. The Kier molecular flexibility index (Phi) is 15.1. The van der Waals surface area contributed by atoms with Gasteiger partial charge in [0.2, 0.25) is 0 Å². The van der Waals surface area contributed by atoms with Gasteiger partial charge in [0.15, 0.2) is 16.6 Å². The fraction of sp³-hybridized carbons (Fsp3) is 0.853. The lowest BCUT2D eigenvalue weighted by atomic mass is 9.87. The Bertz CT molecular complexity index is 804. The molecule has 0 heterocycles. The van der Waals surface area contributed by atoms with Gasteiger partial charge in [0, 0.05) is 12.3 Å². The second-order valence-electron chi connectivity index (χ2n) is 15.3. The van der Waals surface area contributed by atoms with Crippen molar-refractivity contribution in [3.8, 4) is 0 Å². The zero-order chi connectivity index (χ0) is 30.8. The highest BCUT2D eigenvalue weighted by molar-refractivity contribution is 6.74. The van der Waals surface area contributed by atoms with Crippen molar-refractivity contribution in [2.75, 3.05) is 7.11 Å². The van der Waals surface area contributed by atoms with Crippen LogP contribution in [0.15, 0.2) is 24.3 Å². The maximum atomic E-state index is 11.5. The molecule has 1 fully saturated rings. The van der Waals surface area contributed by atoms with E-state index in [2.05, 4.69) is 93.4 Å². The highest BCUT2D eigenvalue weighted by Crippen LogP contribution is 2.46. The number of ether oxygens (including phenoxy) is 1. The predicted molar refractivity (Wildman–Crippen MR) is 178 cm³/mol. The molecule has 1 rings (SSSR count). The van der Waals surface area contributed by atoms with Crippen LogP contribution in [0.2, 0.25) is 36.3 Å². The number of hydrogen-bond donors (Lipinski definition) is 0. The molecule has 3 unspecified atom stereocenters. The summed E-state index contributed by atoms with van der Waals surface area (Å²) in [6.07, 6.45) is 16.9. The van der Waals surface area contributed by atoms with E-state index in [1.54, 1.807) is 0 Å². The van der Waals surface area contributed by atoms with Gasteiger partial charge in [-0.2, -0.15) is 0 Å². The topological polar surface area (TPSA) is 44.8 Å². The highest BCUT2D eigenvalue weighted by atomic mass is 28.4. The van der Waals surface area contributed by atoms with Crippen LogP contribution >= 0.6 is 0 Å². The van der Waals surface area contributed by atoms with Gasteiger partial charge in [0.1, 0.15) is 0 Å². The van der Waals surface area contributed by atoms with E-state index in [-0.39, 0.29) is 28.3 Å². The SMILES string of the molecule is C=C1CC(O[Si](C)(C)C(C)(C)C)[C@H](/C=C/C(CCCCC)O[Si](C)(C)C(C)(C)C)C1CCCCCCC(=O)OC. The number of hydrogen-bond acceptors (Lipinski definition) is 4. The summed E-state index contributed by atoms with van der Waals surface area (Å²) in [5.41, 5.74) is 1.35. The molecule has 0 N–H and O–H groups in total. The molecule has 40 heavy (non-hydrogen) atoms. The fourth-order valence-corrected chi connectivity index (χ4v) is 7.75. The standard InChI is InChI=1S/C34H66O4Si2/c1-14-15-18-21-28(37-39(10,11)33(3,4)5)24-25-30-29(22-19-16-17-20-23-32(35)36-9)27(2)26-31(30)38-40(12,13)34(6,7)8/h24-25,28-31H,2,14-23,26H2,1,3-13H3/b25-24+/t28?,29?,30-,31?/m1/s1. The van der Waals surface area contributed by atoms with Gasteiger partial charge < -0.3 is 13.6 Å². The molecule has 4 atom stereocenters. The van der Waals surface area contributed by atoms with Gasteiger partial charge in [-0.15, -0.1) is 0 Å². The van der Waals surface area contributed by atoms with Crippen molar-refractivity contribution in [2.24, 2.45) is 11.8 Å². The monoisotopic (exact) mass is 594 g/mol. The Morgan fingerprint density at radius 1 is 0.950 bits per heavy atom. The molecule has 0 saturated heterocycles. The van der Waals surface area contributed by atoms with Gasteiger partial charge in [-0.25, -0.2) is 0 Å². The van der Waals surface area contributed by atoms with Crippen LogP contribution in [0.1, 0.15) is 119 Å². The van der Waals surface area contributed by atoms with E-state index in [9.17, 15) is 4.79 Å². The van der Waals surface area contributed by atoms with Crippen LogP contribution < -0.4 is 0 Å². The Morgan fingerprint density at radius 3 is 2.10 bits per heavy atom. The van der Waals surface area contributed by atoms with Crippen LogP contribution in [0.5, 0.6) is 0 Å². The minimum absolute atomic E-state index is 0.103. The first-order valence-electron chi connectivity index (χ1n) is 16.1. The van der Waals surface area contributed by atoms with E-state index in [0.717, 1.165) is 44.9 Å². The lowest BCUT2D eigenvalue weighted by Crippen LogP contribution is -2.45. The van der Waals surface area contributed by atoms with Gasteiger partial charge in [-0.05, 0) is 67.9 Å². The zero-order valence-corrected chi connectivity index (χ0v) is 30.6. The first kappa shape index (κ1) is 37.3. The molecule has 0 aromatic rings. The van der Waals surface area contributed by atoms with Crippen molar-refractivity contribution in [3.63, 3.8) is 0 Å². The number of esters is 1. The average molecular weight is 595 g/mol. The van der Waals surface area contributed by atoms with Gasteiger partial charge in [0.05, 0.1) is 19.3 Å². The Labute approximate surface area is 251 Å². The Balaban J connectivity index is 3.14. The first-order valence-corrected chi connectivity index (χ1v) is 22.0. The second kappa shape index (κ2) is 16.2. The third kappa shape index (κ3) is 11.9. The van der Waals surface area contributed by atoms with Crippen LogP contribution in [0.3, 0.4) is 0 Å². The molecule has 0 radical (unpaired) electrons. The summed E-state index contributed by atoms with van der Waals surface area (Å²) in [5, 5.41) is 0.365. The van der Waals surface area contributed by atoms with E-state index < -0.39 is 16.6 Å². The van der Waals surface area contributed by atoms with E-state index >= 15 is 0 Å². The van der Waals surface area contributed by atoms with Gasteiger partial charge in [-0.3, -0.25) is 4.79 Å². The summed E-state index contributed by atoms with van der Waals surface area (Å²) >= 11 is 0. The summed E-state index contributed by atoms with van der Waals surface area (Å²) < 4.78 is 18.9. The molecule has 234 valence electrons. The summed E-state index contributed by atoms with van der Waals surface area (Å²) in [5.74, 6) is 0.678. The molecule has 0 aromatic carbocycles. The van der Waals surface area contributed by atoms with E-state index in [1.165, 1.54) is 31.9 Å². The molecule has 6 heteroatoms.